The molecule has 1 rings (SSSR count). The van der Waals surface area contributed by atoms with Gasteiger partial charge in [0.1, 0.15) is 5.75 Å². The molecule has 2 atom stereocenters. The standard InChI is InChI=1S/C14H28N2O3S/c1-3-4-5-9-20(18,19)11-14(17)16-8-6-7-13(10-16)12(2)15/h12-13H,3-11,15H2,1-2H3. The molecule has 1 aliphatic rings. The summed E-state index contributed by atoms with van der Waals surface area (Å²) < 4.78 is 23.8. The van der Waals surface area contributed by atoms with E-state index in [4.69, 9.17) is 5.73 Å². The van der Waals surface area contributed by atoms with Gasteiger partial charge in [-0.15, -0.1) is 0 Å². The van der Waals surface area contributed by atoms with Crippen LogP contribution in [0.1, 0.15) is 46.0 Å². The Morgan fingerprint density at radius 1 is 1.40 bits per heavy atom. The average Bonchev–Trinajstić information content (AvgIpc) is 2.38. The maximum Gasteiger partial charge on any atom is 0.237 e. The number of sulfone groups is 1. The highest BCUT2D eigenvalue weighted by atomic mass is 32.2. The molecule has 20 heavy (non-hydrogen) atoms. The van der Waals surface area contributed by atoms with E-state index in [1.165, 1.54) is 0 Å². The van der Waals surface area contributed by atoms with Gasteiger partial charge in [-0.3, -0.25) is 4.79 Å². The number of hydrogen-bond donors (Lipinski definition) is 1. The lowest BCUT2D eigenvalue weighted by Crippen LogP contribution is -2.46. The van der Waals surface area contributed by atoms with Crippen molar-refractivity contribution in [1.82, 2.24) is 4.90 Å². The number of hydrogen-bond acceptors (Lipinski definition) is 4. The molecule has 0 saturated carbocycles. The number of amides is 1. The van der Waals surface area contributed by atoms with Gasteiger partial charge in [0, 0.05) is 19.1 Å². The smallest absolute Gasteiger partial charge is 0.237 e. The van der Waals surface area contributed by atoms with Gasteiger partial charge in [0.25, 0.3) is 0 Å². The molecule has 118 valence electrons. The number of carbonyl (C=O) groups is 1. The lowest BCUT2D eigenvalue weighted by Gasteiger charge is -2.34. The van der Waals surface area contributed by atoms with Crippen molar-refractivity contribution in [2.45, 2.75) is 52.0 Å². The topological polar surface area (TPSA) is 80.5 Å². The van der Waals surface area contributed by atoms with Crippen molar-refractivity contribution >= 4 is 15.7 Å². The molecule has 6 heteroatoms. The molecule has 1 saturated heterocycles. The second kappa shape index (κ2) is 7.98. The first-order chi connectivity index (χ1) is 9.35. The minimum Gasteiger partial charge on any atom is -0.341 e. The zero-order valence-corrected chi connectivity index (χ0v) is 13.5. The van der Waals surface area contributed by atoms with Gasteiger partial charge in [0.2, 0.25) is 5.91 Å². The fourth-order valence-corrected chi connectivity index (χ4v) is 3.94. The summed E-state index contributed by atoms with van der Waals surface area (Å²) in [6.07, 6.45) is 4.45. The summed E-state index contributed by atoms with van der Waals surface area (Å²) in [5.74, 6) is -0.193. The number of unbranched alkanes of at least 4 members (excludes halogenated alkanes) is 2. The third-order valence-electron chi connectivity index (χ3n) is 3.96. The molecule has 1 heterocycles. The van der Waals surface area contributed by atoms with Crippen LogP contribution in [0.15, 0.2) is 0 Å². The van der Waals surface area contributed by atoms with Crippen LogP contribution in [0, 0.1) is 5.92 Å². The molecule has 1 amide bonds. The Morgan fingerprint density at radius 3 is 2.70 bits per heavy atom. The van der Waals surface area contributed by atoms with Gasteiger partial charge in [-0.25, -0.2) is 8.42 Å². The fraction of sp³-hybridized carbons (Fsp3) is 0.929. The monoisotopic (exact) mass is 304 g/mol. The predicted molar refractivity (Wildman–Crippen MR) is 81.1 cm³/mol. The highest BCUT2D eigenvalue weighted by molar-refractivity contribution is 7.92. The highest BCUT2D eigenvalue weighted by Crippen LogP contribution is 2.19. The Bertz CT molecular complexity index is 407. The summed E-state index contributed by atoms with van der Waals surface area (Å²) in [6.45, 7) is 5.23. The summed E-state index contributed by atoms with van der Waals surface area (Å²) in [4.78, 5) is 13.8. The number of nitrogens with zero attached hydrogens (tertiary/aromatic N) is 1. The van der Waals surface area contributed by atoms with E-state index in [0.717, 1.165) is 25.7 Å². The summed E-state index contributed by atoms with van der Waals surface area (Å²) in [5.41, 5.74) is 5.88. The molecule has 0 aromatic carbocycles. The Hall–Kier alpha value is -0.620. The minimum atomic E-state index is -3.26. The largest absolute Gasteiger partial charge is 0.341 e. The van der Waals surface area contributed by atoms with Crippen LogP contribution in [-0.2, 0) is 14.6 Å². The Kier molecular flexibility index (Phi) is 6.95. The molecule has 0 bridgehead atoms. The van der Waals surface area contributed by atoms with E-state index in [2.05, 4.69) is 0 Å². The van der Waals surface area contributed by atoms with E-state index in [-0.39, 0.29) is 29.4 Å². The molecule has 5 nitrogen and oxygen atoms in total. The molecule has 1 fully saturated rings. The van der Waals surface area contributed by atoms with Gasteiger partial charge in [0.15, 0.2) is 9.84 Å². The van der Waals surface area contributed by atoms with E-state index in [9.17, 15) is 13.2 Å². The number of carbonyl (C=O) groups excluding carboxylic acids is 1. The van der Waals surface area contributed by atoms with Crippen molar-refractivity contribution in [3.05, 3.63) is 0 Å². The maximum atomic E-state index is 12.1. The summed E-state index contributed by atoms with van der Waals surface area (Å²) in [5, 5.41) is 0. The Labute approximate surface area is 122 Å². The van der Waals surface area contributed by atoms with Crippen LogP contribution in [0.5, 0.6) is 0 Å². The first-order valence-electron chi connectivity index (χ1n) is 7.59. The Morgan fingerprint density at radius 2 is 2.10 bits per heavy atom. The lowest BCUT2D eigenvalue weighted by atomic mass is 9.92. The van der Waals surface area contributed by atoms with Crippen LogP contribution in [0.25, 0.3) is 0 Å². The maximum absolute atomic E-state index is 12.1. The number of rotatable bonds is 7. The van der Waals surface area contributed by atoms with Crippen molar-refractivity contribution in [3.8, 4) is 0 Å². The van der Waals surface area contributed by atoms with E-state index in [1.807, 2.05) is 13.8 Å². The number of nitrogens with two attached hydrogens (primary N) is 1. The second-order valence-corrected chi connectivity index (χ2v) is 8.08. The SMILES string of the molecule is CCCCCS(=O)(=O)CC(=O)N1CCCC(C(C)N)C1. The van der Waals surface area contributed by atoms with E-state index in [0.29, 0.717) is 19.5 Å². The molecule has 0 aromatic rings. The summed E-state index contributed by atoms with van der Waals surface area (Å²) in [7, 11) is -3.26. The van der Waals surface area contributed by atoms with E-state index < -0.39 is 9.84 Å². The fourth-order valence-electron chi connectivity index (χ4n) is 2.59. The van der Waals surface area contributed by atoms with Crippen molar-refractivity contribution < 1.29 is 13.2 Å². The van der Waals surface area contributed by atoms with Crippen molar-refractivity contribution in [3.63, 3.8) is 0 Å². The molecular formula is C14H28N2O3S. The first-order valence-corrected chi connectivity index (χ1v) is 9.41. The molecule has 0 radical (unpaired) electrons. The predicted octanol–water partition coefficient (Wildman–Crippen LogP) is 1.18. The second-order valence-electron chi connectivity index (χ2n) is 5.90. The third-order valence-corrected chi connectivity index (χ3v) is 5.55. The van der Waals surface area contributed by atoms with Gasteiger partial charge in [-0.05, 0) is 32.1 Å². The van der Waals surface area contributed by atoms with Crippen LogP contribution in [-0.4, -0.2) is 49.9 Å². The van der Waals surface area contributed by atoms with Crippen LogP contribution in [0.2, 0.25) is 0 Å². The van der Waals surface area contributed by atoms with Crippen molar-refractivity contribution in [1.29, 1.82) is 0 Å². The zero-order chi connectivity index (χ0) is 15.2. The number of likely N-dealkylation sites (tertiary alicyclic amines) is 1. The molecule has 1 aliphatic heterocycles. The van der Waals surface area contributed by atoms with Crippen molar-refractivity contribution in [2.75, 3.05) is 24.6 Å². The summed E-state index contributed by atoms with van der Waals surface area (Å²) in [6, 6.07) is 0.0479. The van der Waals surface area contributed by atoms with Gasteiger partial charge in [-0.1, -0.05) is 19.8 Å². The molecule has 2 N–H and O–H groups in total. The normalized spacial score (nSPS) is 21.8. The van der Waals surface area contributed by atoms with Crippen LogP contribution >= 0.6 is 0 Å². The minimum absolute atomic E-state index is 0.0479. The molecular weight excluding hydrogens is 276 g/mol. The lowest BCUT2D eigenvalue weighted by molar-refractivity contribution is -0.130. The number of piperidine rings is 1. The van der Waals surface area contributed by atoms with E-state index >= 15 is 0 Å². The third kappa shape index (κ3) is 5.79. The average molecular weight is 304 g/mol. The first kappa shape index (κ1) is 17.4. The quantitative estimate of drug-likeness (QED) is 0.716. The van der Waals surface area contributed by atoms with Gasteiger partial charge in [-0.2, -0.15) is 0 Å². The molecule has 0 aromatic heterocycles. The molecule has 0 aliphatic carbocycles. The summed E-state index contributed by atoms with van der Waals surface area (Å²) >= 11 is 0. The zero-order valence-electron chi connectivity index (χ0n) is 12.7. The highest BCUT2D eigenvalue weighted by Gasteiger charge is 2.28. The van der Waals surface area contributed by atoms with Gasteiger partial charge < -0.3 is 10.6 Å². The van der Waals surface area contributed by atoms with Crippen LogP contribution in [0.4, 0.5) is 0 Å². The van der Waals surface area contributed by atoms with Crippen LogP contribution in [0.3, 0.4) is 0 Å². The van der Waals surface area contributed by atoms with E-state index in [1.54, 1.807) is 4.90 Å². The molecule has 2 unspecified atom stereocenters. The Balaban J connectivity index is 2.49. The van der Waals surface area contributed by atoms with Gasteiger partial charge >= 0.3 is 0 Å². The van der Waals surface area contributed by atoms with Gasteiger partial charge in [0.05, 0.1) is 5.75 Å². The van der Waals surface area contributed by atoms with Crippen LogP contribution < -0.4 is 5.73 Å². The van der Waals surface area contributed by atoms with Crippen molar-refractivity contribution in [2.24, 2.45) is 11.7 Å². The molecule has 0 spiro atoms.